The Kier molecular flexibility index (Phi) is 5.70. The van der Waals surface area contributed by atoms with Crippen molar-refractivity contribution in [3.63, 3.8) is 0 Å². The smallest absolute Gasteiger partial charge is 0.336 e. The molecule has 2 aromatic rings. The normalized spacial score (nSPS) is 16.7. The van der Waals surface area contributed by atoms with Gasteiger partial charge >= 0.3 is 5.63 Å². The summed E-state index contributed by atoms with van der Waals surface area (Å²) in [6.07, 6.45) is -4.22. The quantitative estimate of drug-likeness (QED) is 0.665. The summed E-state index contributed by atoms with van der Waals surface area (Å²) in [6, 6.07) is 7.41. The average molecular weight is 325 g/mol. The van der Waals surface area contributed by atoms with Gasteiger partial charge in [0.2, 0.25) is 0 Å². The number of aliphatic hydroxyl groups is 2. The lowest BCUT2D eigenvalue weighted by Crippen LogP contribution is -2.45. The van der Waals surface area contributed by atoms with Crippen molar-refractivity contribution in [2.24, 2.45) is 0 Å². The lowest BCUT2D eigenvalue weighted by molar-refractivity contribution is -0.0585. The van der Waals surface area contributed by atoms with Crippen LogP contribution in [0.5, 0.6) is 0 Å². The number of halogens is 1. The summed E-state index contributed by atoms with van der Waals surface area (Å²) in [7, 11) is 1.27. The fourth-order valence-corrected chi connectivity index (χ4v) is 2.30. The Hall–Kier alpha value is -1.96. The van der Waals surface area contributed by atoms with Crippen LogP contribution < -0.4 is 10.9 Å². The van der Waals surface area contributed by atoms with Crippen LogP contribution in [-0.2, 0) is 4.74 Å². The SMILES string of the molecule is COC(CO)C(F)C(O)[C@@H](C)Nc1ccc2ccc(=O)oc2c1. The Morgan fingerprint density at radius 3 is 2.70 bits per heavy atom. The second-order valence-corrected chi connectivity index (χ2v) is 5.33. The lowest BCUT2D eigenvalue weighted by Gasteiger charge is -2.27. The first kappa shape index (κ1) is 17.4. The van der Waals surface area contributed by atoms with E-state index in [-0.39, 0.29) is 0 Å². The molecule has 1 aromatic carbocycles. The van der Waals surface area contributed by atoms with Gasteiger partial charge in [-0.25, -0.2) is 9.18 Å². The highest BCUT2D eigenvalue weighted by molar-refractivity contribution is 5.80. The third kappa shape index (κ3) is 4.07. The van der Waals surface area contributed by atoms with Gasteiger partial charge in [0.05, 0.1) is 12.6 Å². The minimum Gasteiger partial charge on any atom is -0.423 e. The number of methoxy groups -OCH3 is 1. The van der Waals surface area contributed by atoms with E-state index in [0.29, 0.717) is 11.3 Å². The number of rotatable bonds is 7. The van der Waals surface area contributed by atoms with Crippen LogP contribution in [0, 0.1) is 0 Å². The topological polar surface area (TPSA) is 91.9 Å². The molecule has 7 heteroatoms. The van der Waals surface area contributed by atoms with Crippen molar-refractivity contribution in [2.75, 3.05) is 19.0 Å². The molecular weight excluding hydrogens is 305 g/mol. The van der Waals surface area contributed by atoms with Gasteiger partial charge in [0, 0.05) is 30.3 Å². The van der Waals surface area contributed by atoms with Crippen LogP contribution in [0.25, 0.3) is 11.0 Å². The third-order valence-corrected chi connectivity index (χ3v) is 3.69. The first-order valence-corrected chi connectivity index (χ1v) is 7.22. The zero-order valence-electron chi connectivity index (χ0n) is 12.9. The molecule has 1 aromatic heterocycles. The second-order valence-electron chi connectivity index (χ2n) is 5.33. The molecule has 126 valence electrons. The average Bonchev–Trinajstić information content (AvgIpc) is 2.54. The summed E-state index contributed by atoms with van der Waals surface area (Å²) >= 11 is 0. The Balaban J connectivity index is 2.12. The maximum absolute atomic E-state index is 14.1. The lowest BCUT2D eigenvalue weighted by atomic mass is 10.0. The highest BCUT2D eigenvalue weighted by Crippen LogP contribution is 2.20. The van der Waals surface area contributed by atoms with Crippen LogP contribution in [0.15, 0.2) is 39.5 Å². The molecule has 0 saturated heterocycles. The highest BCUT2D eigenvalue weighted by Gasteiger charge is 2.31. The molecule has 3 unspecified atom stereocenters. The van der Waals surface area contributed by atoms with E-state index in [9.17, 15) is 14.3 Å². The van der Waals surface area contributed by atoms with E-state index in [1.807, 2.05) is 0 Å². The van der Waals surface area contributed by atoms with Crippen LogP contribution in [0.4, 0.5) is 10.1 Å². The molecule has 1 heterocycles. The Bertz CT molecular complexity index is 700. The minimum absolute atomic E-state index is 0.395. The number of hydrogen-bond donors (Lipinski definition) is 3. The first-order valence-electron chi connectivity index (χ1n) is 7.22. The summed E-state index contributed by atoms with van der Waals surface area (Å²) < 4.78 is 24.0. The zero-order chi connectivity index (χ0) is 17.0. The van der Waals surface area contributed by atoms with E-state index in [0.717, 1.165) is 5.39 Å². The Labute approximate surface area is 132 Å². The van der Waals surface area contributed by atoms with Gasteiger partial charge in [-0.1, -0.05) is 0 Å². The van der Waals surface area contributed by atoms with E-state index >= 15 is 0 Å². The fourth-order valence-electron chi connectivity index (χ4n) is 2.30. The molecule has 23 heavy (non-hydrogen) atoms. The molecule has 0 aliphatic carbocycles. The van der Waals surface area contributed by atoms with E-state index < -0.39 is 36.7 Å². The van der Waals surface area contributed by atoms with Gasteiger partial charge < -0.3 is 24.7 Å². The van der Waals surface area contributed by atoms with Crippen LogP contribution in [0.1, 0.15) is 6.92 Å². The van der Waals surface area contributed by atoms with Crippen molar-refractivity contribution >= 4 is 16.7 Å². The summed E-state index contributed by atoms with van der Waals surface area (Å²) in [4.78, 5) is 11.2. The van der Waals surface area contributed by atoms with Crippen molar-refractivity contribution in [1.29, 1.82) is 0 Å². The minimum atomic E-state index is -1.74. The van der Waals surface area contributed by atoms with Crippen LogP contribution >= 0.6 is 0 Å². The molecular formula is C16H20FNO5. The van der Waals surface area contributed by atoms with Crippen molar-refractivity contribution in [3.8, 4) is 0 Å². The summed E-state index contributed by atoms with van der Waals surface area (Å²) in [6.45, 7) is 1.08. The molecule has 3 N–H and O–H groups in total. The molecule has 6 nitrogen and oxygen atoms in total. The molecule has 0 aliphatic rings. The molecule has 0 spiro atoms. The maximum Gasteiger partial charge on any atom is 0.336 e. The van der Waals surface area contributed by atoms with Gasteiger partial charge in [0.1, 0.15) is 17.8 Å². The van der Waals surface area contributed by atoms with E-state index in [4.69, 9.17) is 14.3 Å². The largest absolute Gasteiger partial charge is 0.423 e. The van der Waals surface area contributed by atoms with Crippen LogP contribution in [-0.4, -0.2) is 48.4 Å². The summed E-state index contributed by atoms with van der Waals surface area (Å²) in [5.74, 6) is 0. The van der Waals surface area contributed by atoms with Crippen LogP contribution in [0.2, 0.25) is 0 Å². The third-order valence-electron chi connectivity index (χ3n) is 3.69. The van der Waals surface area contributed by atoms with Crippen molar-refractivity contribution in [1.82, 2.24) is 0 Å². The number of nitrogens with one attached hydrogen (secondary N) is 1. The van der Waals surface area contributed by atoms with Crippen LogP contribution in [0.3, 0.4) is 0 Å². The van der Waals surface area contributed by atoms with Gasteiger partial charge in [-0.15, -0.1) is 0 Å². The van der Waals surface area contributed by atoms with E-state index in [2.05, 4.69) is 5.32 Å². The Morgan fingerprint density at radius 1 is 1.35 bits per heavy atom. The number of anilines is 1. The van der Waals surface area contributed by atoms with Gasteiger partial charge in [0.15, 0.2) is 6.17 Å². The molecule has 0 aliphatic heterocycles. The number of hydrogen-bond acceptors (Lipinski definition) is 6. The van der Waals surface area contributed by atoms with Gasteiger partial charge in [-0.2, -0.15) is 0 Å². The molecule has 0 amide bonds. The van der Waals surface area contributed by atoms with Gasteiger partial charge in [0.25, 0.3) is 0 Å². The van der Waals surface area contributed by atoms with Gasteiger partial charge in [-0.3, -0.25) is 0 Å². The van der Waals surface area contributed by atoms with Crippen molar-refractivity contribution in [3.05, 3.63) is 40.8 Å². The predicted octanol–water partition coefficient (Wildman–Crippen LogP) is 1.30. The summed E-state index contributed by atoms with van der Waals surface area (Å²) in [5.41, 5.74) is 0.507. The molecule has 0 bridgehead atoms. The fraction of sp³-hybridized carbons (Fsp3) is 0.438. The molecule has 0 fully saturated rings. The summed E-state index contributed by atoms with van der Waals surface area (Å²) in [5, 5.41) is 22.8. The van der Waals surface area contributed by atoms with E-state index in [1.54, 1.807) is 31.2 Å². The van der Waals surface area contributed by atoms with Crippen molar-refractivity contribution < 1.29 is 23.8 Å². The number of fused-ring (bicyclic) bond motifs is 1. The Morgan fingerprint density at radius 2 is 2.04 bits per heavy atom. The molecule has 0 saturated carbocycles. The predicted molar refractivity (Wildman–Crippen MR) is 84.4 cm³/mol. The first-order chi connectivity index (χ1) is 11.0. The number of alkyl halides is 1. The standard InChI is InChI=1S/C16H20FNO5/c1-9(16(21)15(17)13(8-19)22-2)18-11-5-3-10-4-6-14(20)23-12(10)7-11/h3-7,9,13,15-16,18-19,21H,8H2,1-2H3/t9-,13?,15?,16?/m1/s1. The second kappa shape index (κ2) is 7.54. The zero-order valence-corrected chi connectivity index (χ0v) is 12.9. The van der Waals surface area contributed by atoms with Crippen molar-refractivity contribution in [2.45, 2.75) is 31.3 Å². The molecule has 2 rings (SSSR count). The molecule has 0 radical (unpaired) electrons. The molecule has 4 atom stereocenters. The number of aliphatic hydroxyl groups excluding tert-OH is 2. The monoisotopic (exact) mass is 325 g/mol. The van der Waals surface area contributed by atoms with E-state index in [1.165, 1.54) is 13.2 Å². The highest BCUT2D eigenvalue weighted by atomic mass is 19.1. The maximum atomic E-state index is 14.1. The van der Waals surface area contributed by atoms with Gasteiger partial charge in [-0.05, 0) is 25.1 Å². The number of ether oxygens (including phenoxy) is 1. The number of benzene rings is 1.